The normalized spacial score (nSPS) is 17.6. The van der Waals surface area contributed by atoms with E-state index in [0.29, 0.717) is 31.7 Å². The van der Waals surface area contributed by atoms with Gasteiger partial charge >= 0.3 is 0 Å². The molecular weight excluding hydrogens is 310 g/mol. The van der Waals surface area contributed by atoms with Crippen molar-refractivity contribution in [3.05, 3.63) is 60.2 Å². The van der Waals surface area contributed by atoms with E-state index in [2.05, 4.69) is 5.32 Å². The summed E-state index contributed by atoms with van der Waals surface area (Å²) in [5.41, 5.74) is 2.44. The molecule has 0 amide bonds. The molecule has 0 saturated carbocycles. The topological polar surface area (TPSA) is 35.5 Å². The molecule has 0 aromatic heterocycles. The lowest BCUT2D eigenvalue weighted by molar-refractivity contribution is -0.118. The second-order valence-electron chi connectivity index (χ2n) is 6.10. The first kappa shape index (κ1) is 17.0. The largest absolute Gasteiger partial charge is 0.390 e. The molecule has 5 heteroatoms. The van der Waals surface area contributed by atoms with Gasteiger partial charge in [-0.05, 0) is 22.8 Å². The van der Waals surface area contributed by atoms with E-state index in [9.17, 15) is 13.9 Å². The summed E-state index contributed by atoms with van der Waals surface area (Å²) in [5, 5.41) is 12.4. The summed E-state index contributed by atoms with van der Waals surface area (Å²) in [5.74, 6) is -3.19. The van der Waals surface area contributed by atoms with Gasteiger partial charge in [-0.2, -0.15) is 0 Å². The molecule has 1 atom stereocenters. The SMILES string of the molecule is OCC(F)(F)[C@H](c1cccc(-c2ccccc2)c1)N1CCNCC1. The van der Waals surface area contributed by atoms with Crippen molar-refractivity contribution in [3.63, 3.8) is 0 Å². The van der Waals surface area contributed by atoms with Gasteiger partial charge in [-0.15, -0.1) is 0 Å². The van der Waals surface area contributed by atoms with E-state index < -0.39 is 18.6 Å². The lowest BCUT2D eigenvalue weighted by atomic mass is 9.94. The smallest absolute Gasteiger partial charge is 0.289 e. The maximum Gasteiger partial charge on any atom is 0.289 e. The van der Waals surface area contributed by atoms with Crippen LogP contribution in [0.4, 0.5) is 8.78 Å². The lowest BCUT2D eigenvalue weighted by Crippen LogP contribution is -2.51. The molecule has 0 bridgehead atoms. The van der Waals surface area contributed by atoms with Crippen LogP contribution in [-0.4, -0.2) is 48.7 Å². The first-order valence-corrected chi connectivity index (χ1v) is 8.20. The average Bonchev–Trinajstić information content (AvgIpc) is 2.64. The zero-order chi connectivity index (χ0) is 17.0. The first-order chi connectivity index (χ1) is 11.6. The summed E-state index contributed by atoms with van der Waals surface area (Å²) in [6.45, 7) is 1.27. The van der Waals surface area contributed by atoms with Gasteiger partial charge in [-0.25, -0.2) is 8.78 Å². The van der Waals surface area contributed by atoms with Crippen molar-refractivity contribution in [2.75, 3.05) is 32.8 Å². The maximum absolute atomic E-state index is 14.5. The van der Waals surface area contributed by atoms with Gasteiger partial charge in [0.05, 0.1) is 0 Å². The Morgan fingerprint density at radius 1 is 1.00 bits per heavy atom. The van der Waals surface area contributed by atoms with E-state index in [1.807, 2.05) is 42.5 Å². The van der Waals surface area contributed by atoms with Crippen molar-refractivity contribution in [3.8, 4) is 11.1 Å². The Labute approximate surface area is 140 Å². The van der Waals surface area contributed by atoms with Crippen LogP contribution >= 0.6 is 0 Å². The molecule has 24 heavy (non-hydrogen) atoms. The van der Waals surface area contributed by atoms with Gasteiger partial charge in [0.1, 0.15) is 12.6 Å². The van der Waals surface area contributed by atoms with Gasteiger partial charge in [0.25, 0.3) is 5.92 Å². The second kappa shape index (κ2) is 7.38. The number of aliphatic hydroxyl groups excluding tert-OH is 1. The number of nitrogens with zero attached hydrogens (tertiary/aromatic N) is 1. The maximum atomic E-state index is 14.5. The number of aliphatic hydroxyl groups is 1. The summed E-state index contributed by atoms with van der Waals surface area (Å²) < 4.78 is 29.0. The molecule has 3 rings (SSSR count). The highest BCUT2D eigenvalue weighted by molar-refractivity contribution is 5.64. The van der Waals surface area contributed by atoms with Crippen LogP contribution < -0.4 is 5.32 Å². The van der Waals surface area contributed by atoms with Crippen LogP contribution in [0.5, 0.6) is 0 Å². The van der Waals surface area contributed by atoms with Gasteiger partial charge in [0.15, 0.2) is 0 Å². The van der Waals surface area contributed by atoms with Crippen LogP contribution in [0.15, 0.2) is 54.6 Å². The fourth-order valence-corrected chi connectivity index (χ4v) is 3.27. The van der Waals surface area contributed by atoms with Crippen LogP contribution in [0.25, 0.3) is 11.1 Å². The first-order valence-electron chi connectivity index (χ1n) is 8.20. The number of alkyl halides is 2. The zero-order valence-corrected chi connectivity index (χ0v) is 13.5. The Morgan fingerprint density at radius 3 is 2.33 bits per heavy atom. The summed E-state index contributed by atoms with van der Waals surface area (Å²) in [7, 11) is 0. The molecule has 128 valence electrons. The molecule has 3 nitrogen and oxygen atoms in total. The van der Waals surface area contributed by atoms with Crippen LogP contribution in [0.3, 0.4) is 0 Å². The Kier molecular flexibility index (Phi) is 5.23. The van der Waals surface area contributed by atoms with Crippen LogP contribution in [0.1, 0.15) is 11.6 Å². The third-order valence-electron chi connectivity index (χ3n) is 4.44. The number of benzene rings is 2. The van der Waals surface area contributed by atoms with Crippen molar-refractivity contribution in [2.45, 2.75) is 12.0 Å². The molecule has 1 saturated heterocycles. The van der Waals surface area contributed by atoms with E-state index in [0.717, 1.165) is 11.1 Å². The van der Waals surface area contributed by atoms with Crippen molar-refractivity contribution in [1.29, 1.82) is 0 Å². The molecule has 1 fully saturated rings. The van der Waals surface area contributed by atoms with E-state index in [4.69, 9.17) is 0 Å². The standard InChI is InChI=1S/C19H22F2N2O/c20-19(21,14-24)18(23-11-9-22-10-12-23)17-8-4-7-16(13-17)15-5-2-1-3-6-15/h1-8,13,18,22,24H,9-12,14H2/t18-/m0/s1. The van der Waals surface area contributed by atoms with Crippen LogP contribution in [0.2, 0.25) is 0 Å². The highest BCUT2D eigenvalue weighted by atomic mass is 19.3. The van der Waals surface area contributed by atoms with Gasteiger partial charge in [0.2, 0.25) is 0 Å². The summed E-state index contributed by atoms with van der Waals surface area (Å²) in [6.07, 6.45) is 0. The highest BCUT2D eigenvalue weighted by Gasteiger charge is 2.44. The molecule has 0 radical (unpaired) electrons. The Morgan fingerprint density at radius 2 is 1.67 bits per heavy atom. The Balaban J connectivity index is 1.98. The summed E-state index contributed by atoms with van der Waals surface area (Å²) in [4.78, 5) is 1.76. The van der Waals surface area contributed by atoms with Crippen molar-refractivity contribution < 1.29 is 13.9 Å². The third kappa shape index (κ3) is 3.64. The fourth-order valence-electron chi connectivity index (χ4n) is 3.27. The molecular formula is C19H22F2N2O. The molecule has 1 heterocycles. The predicted molar refractivity (Wildman–Crippen MR) is 91.1 cm³/mol. The molecule has 0 unspecified atom stereocenters. The fraction of sp³-hybridized carbons (Fsp3) is 0.368. The number of nitrogens with one attached hydrogen (secondary N) is 1. The van der Waals surface area contributed by atoms with Crippen LogP contribution in [-0.2, 0) is 0 Å². The summed E-state index contributed by atoms with van der Waals surface area (Å²) >= 11 is 0. The zero-order valence-electron chi connectivity index (χ0n) is 13.5. The minimum absolute atomic E-state index is 0.538. The number of hydrogen-bond acceptors (Lipinski definition) is 3. The molecule has 2 N–H and O–H groups in total. The van der Waals surface area contributed by atoms with Gasteiger partial charge in [-0.1, -0.05) is 48.5 Å². The molecule has 2 aromatic carbocycles. The number of piperazine rings is 1. The minimum atomic E-state index is -3.19. The molecule has 2 aromatic rings. The third-order valence-corrected chi connectivity index (χ3v) is 4.44. The molecule has 0 spiro atoms. The quantitative estimate of drug-likeness (QED) is 0.884. The lowest BCUT2D eigenvalue weighted by Gasteiger charge is -2.38. The molecule has 1 aliphatic heterocycles. The van der Waals surface area contributed by atoms with Gasteiger partial charge in [-0.3, -0.25) is 4.90 Å². The summed E-state index contributed by atoms with van der Waals surface area (Å²) in [6, 6.07) is 15.9. The van der Waals surface area contributed by atoms with E-state index in [1.54, 1.807) is 17.0 Å². The second-order valence-corrected chi connectivity index (χ2v) is 6.10. The van der Waals surface area contributed by atoms with Gasteiger partial charge in [0, 0.05) is 26.2 Å². The Hall–Kier alpha value is -1.82. The molecule has 1 aliphatic rings. The van der Waals surface area contributed by atoms with Crippen molar-refractivity contribution in [2.24, 2.45) is 0 Å². The predicted octanol–water partition coefficient (Wildman–Crippen LogP) is 2.93. The van der Waals surface area contributed by atoms with E-state index >= 15 is 0 Å². The number of rotatable bonds is 5. The number of halogens is 2. The Bertz CT molecular complexity index is 657. The average molecular weight is 332 g/mol. The number of hydrogen-bond donors (Lipinski definition) is 2. The van der Waals surface area contributed by atoms with Crippen molar-refractivity contribution in [1.82, 2.24) is 10.2 Å². The van der Waals surface area contributed by atoms with Crippen LogP contribution in [0, 0.1) is 0 Å². The monoisotopic (exact) mass is 332 g/mol. The van der Waals surface area contributed by atoms with Crippen molar-refractivity contribution >= 4 is 0 Å². The van der Waals surface area contributed by atoms with E-state index in [1.165, 1.54) is 0 Å². The highest BCUT2D eigenvalue weighted by Crippen LogP contribution is 2.37. The molecule has 0 aliphatic carbocycles. The van der Waals surface area contributed by atoms with Gasteiger partial charge < -0.3 is 10.4 Å². The minimum Gasteiger partial charge on any atom is -0.390 e. The van der Waals surface area contributed by atoms with E-state index in [-0.39, 0.29) is 0 Å².